The molecule has 2 aliphatic rings. The van der Waals surface area contributed by atoms with Gasteiger partial charge in [-0.2, -0.15) is 0 Å². The highest BCUT2D eigenvalue weighted by atomic mass is 16.4. The first kappa shape index (κ1) is 31.0. The Kier molecular flexibility index (Phi) is 8.99. The van der Waals surface area contributed by atoms with E-state index in [9.17, 15) is 29.4 Å². The van der Waals surface area contributed by atoms with Crippen LogP contribution in [0.2, 0.25) is 0 Å². The number of carbonyl (C=O) groups is 4. The molecule has 0 aliphatic carbocycles. The number of carboxylic acid groups (broad SMARTS) is 2. The topological polar surface area (TPSA) is 165 Å². The summed E-state index contributed by atoms with van der Waals surface area (Å²) in [7, 11) is 0. The number of hydrogen-bond donors (Lipinski definition) is 5. The van der Waals surface area contributed by atoms with Gasteiger partial charge in [0.05, 0.1) is 11.4 Å². The van der Waals surface area contributed by atoms with Crippen LogP contribution in [0.3, 0.4) is 0 Å². The van der Waals surface area contributed by atoms with Crippen LogP contribution in [0.15, 0.2) is 58.3 Å². The Labute approximate surface area is 249 Å². The number of allylic oxidation sites excluding steroid dienone is 2. The van der Waals surface area contributed by atoms with Gasteiger partial charge in [0.15, 0.2) is 0 Å². The minimum Gasteiger partial charge on any atom is -0.481 e. The van der Waals surface area contributed by atoms with E-state index >= 15 is 0 Å². The molecule has 4 heterocycles. The molecule has 0 aromatic carbocycles. The Morgan fingerprint density at radius 3 is 1.93 bits per heavy atom. The standard InChI is InChI=1S/C33H36N4O6/c1-7-20-19(6)32(42)37-27(20)14-25-18(5)23(10-12-31(40)41)29(35-25)15-28-22(9-11-30(38)39)17(4)24(34-28)13-26-16(3)21(8-2)33(43)36-26/h7-8,14,34-35H,1-2,9-13,15H2,3-6H3,(H,37,42)(H,38,39)(H,40,41)/b27-14-. The van der Waals surface area contributed by atoms with Gasteiger partial charge >= 0.3 is 11.9 Å². The Hall–Kier alpha value is -4.99. The van der Waals surface area contributed by atoms with Gasteiger partial charge in [0.25, 0.3) is 11.8 Å². The van der Waals surface area contributed by atoms with Crippen molar-refractivity contribution in [1.82, 2.24) is 15.3 Å². The van der Waals surface area contributed by atoms with Crippen LogP contribution in [0.1, 0.15) is 71.7 Å². The number of carboxylic acids is 2. The van der Waals surface area contributed by atoms with Crippen LogP contribution in [0.5, 0.6) is 0 Å². The van der Waals surface area contributed by atoms with E-state index in [-0.39, 0.29) is 31.1 Å². The van der Waals surface area contributed by atoms with Gasteiger partial charge in [-0.25, -0.2) is 4.99 Å². The number of rotatable bonds is 13. The fourth-order valence-electron chi connectivity index (χ4n) is 5.71. The van der Waals surface area contributed by atoms with Crippen molar-refractivity contribution in [2.24, 2.45) is 4.99 Å². The highest BCUT2D eigenvalue weighted by Gasteiger charge is 2.26. The number of nitrogens with one attached hydrogen (secondary N) is 3. The zero-order valence-electron chi connectivity index (χ0n) is 24.9. The van der Waals surface area contributed by atoms with Gasteiger partial charge < -0.3 is 25.5 Å². The molecule has 4 rings (SSSR count). The average Bonchev–Trinajstić information content (AvgIpc) is 3.59. The van der Waals surface area contributed by atoms with Crippen LogP contribution in [-0.4, -0.2) is 49.6 Å². The van der Waals surface area contributed by atoms with Crippen molar-refractivity contribution < 1.29 is 29.4 Å². The SMILES string of the molecule is C=CC1=C(C)C(Cc2[nH]c(Cc3[nH]c(/C=C4\NC(=O)C(C)=C4C=C)c(C)c3CCC(=O)O)c(CCC(=O)O)c2C)=NC1=O. The zero-order valence-corrected chi connectivity index (χ0v) is 24.9. The van der Waals surface area contributed by atoms with Crippen LogP contribution in [0.25, 0.3) is 6.08 Å². The number of aromatic nitrogens is 2. The maximum atomic E-state index is 12.3. The molecule has 2 aliphatic heterocycles. The summed E-state index contributed by atoms with van der Waals surface area (Å²) in [4.78, 5) is 58.7. The highest BCUT2D eigenvalue weighted by molar-refractivity contribution is 6.20. The normalized spacial score (nSPS) is 15.9. The molecule has 0 bridgehead atoms. The Balaban J connectivity index is 1.77. The lowest BCUT2D eigenvalue weighted by molar-refractivity contribution is -0.138. The van der Waals surface area contributed by atoms with Gasteiger partial charge in [-0.05, 0) is 74.4 Å². The Morgan fingerprint density at radius 2 is 1.37 bits per heavy atom. The monoisotopic (exact) mass is 584 g/mol. The van der Waals surface area contributed by atoms with Gasteiger partial charge in [-0.1, -0.05) is 25.3 Å². The Morgan fingerprint density at radius 1 is 0.791 bits per heavy atom. The number of hydrogen-bond acceptors (Lipinski definition) is 4. The quantitative estimate of drug-likeness (QED) is 0.231. The van der Waals surface area contributed by atoms with E-state index in [1.165, 1.54) is 6.08 Å². The third-order valence-electron chi connectivity index (χ3n) is 8.24. The predicted molar refractivity (Wildman–Crippen MR) is 164 cm³/mol. The number of aromatic amines is 2. The molecule has 0 fully saturated rings. The smallest absolute Gasteiger partial charge is 0.303 e. The molecular weight excluding hydrogens is 548 g/mol. The summed E-state index contributed by atoms with van der Waals surface area (Å²) in [5.74, 6) is -2.36. The molecule has 0 spiro atoms. The van der Waals surface area contributed by atoms with E-state index in [2.05, 4.69) is 33.4 Å². The summed E-state index contributed by atoms with van der Waals surface area (Å²) in [5.41, 5.74) is 10.3. The number of aliphatic imine (C=N–C) groups is 1. The maximum Gasteiger partial charge on any atom is 0.303 e. The summed E-state index contributed by atoms with van der Waals surface area (Å²) in [6.07, 6.45) is 6.14. The summed E-state index contributed by atoms with van der Waals surface area (Å²) >= 11 is 0. The second-order valence-electron chi connectivity index (χ2n) is 10.8. The fourth-order valence-corrected chi connectivity index (χ4v) is 5.71. The number of amides is 2. The third-order valence-corrected chi connectivity index (χ3v) is 8.24. The zero-order chi connectivity index (χ0) is 31.6. The first-order valence-electron chi connectivity index (χ1n) is 14.0. The van der Waals surface area contributed by atoms with E-state index in [1.54, 1.807) is 13.0 Å². The molecule has 10 heteroatoms. The summed E-state index contributed by atoms with van der Waals surface area (Å²) in [5, 5.41) is 21.7. The second kappa shape index (κ2) is 12.5. The third kappa shape index (κ3) is 6.28. The number of H-pyrrole nitrogens is 2. The molecule has 0 radical (unpaired) electrons. The summed E-state index contributed by atoms with van der Waals surface area (Å²) in [6.45, 7) is 14.9. The van der Waals surface area contributed by atoms with Gasteiger partial charge in [-0.15, -0.1) is 0 Å². The molecule has 224 valence electrons. The molecule has 43 heavy (non-hydrogen) atoms. The first-order chi connectivity index (χ1) is 20.4. The van der Waals surface area contributed by atoms with Crippen LogP contribution >= 0.6 is 0 Å². The van der Waals surface area contributed by atoms with Crippen molar-refractivity contribution in [3.63, 3.8) is 0 Å². The molecule has 0 atom stereocenters. The lowest BCUT2D eigenvalue weighted by atomic mass is 9.97. The maximum absolute atomic E-state index is 12.3. The molecule has 0 saturated heterocycles. The molecule has 10 nitrogen and oxygen atoms in total. The Bertz CT molecular complexity index is 1710. The lowest BCUT2D eigenvalue weighted by Gasteiger charge is -2.07. The van der Waals surface area contributed by atoms with Crippen molar-refractivity contribution in [2.75, 3.05) is 0 Å². The van der Waals surface area contributed by atoms with Crippen molar-refractivity contribution >= 4 is 35.5 Å². The molecule has 2 aromatic heterocycles. The van der Waals surface area contributed by atoms with Gasteiger partial charge in [0.1, 0.15) is 0 Å². The molecule has 0 saturated carbocycles. The predicted octanol–water partition coefficient (Wildman–Crippen LogP) is 4.58. The first-order valence-corrected chi connectivity index (χ1v) is 14.0. The van der Waals surface area contributed by atoms with E-state index in [1.807, 2.05) is 26.8 Å². The van der Waals surface area contributed by atoms with Crippen molar-refractivity contribution in [2.45, 2.75) is 66.2 Å². The number of aliphatic carboxylic acids is 2. The summed E-state index contributed by atoms with van der Waals surface area (Å²) in [6, 6.07) is 0. The van der Waals surface area contributed by atoms with Crippen molar-refractivity contribution in [3.05, 3.63) is 98.3 Å². The van der Waals surface area contributed by atoms with Gasteiger partial charge in [0.2, 0.25) is 0 Å². The fraction of sp³-hybridized carbons (Fsp3) is 0.303. The highest BCUT2D eigenvalue weighted by Crippen LogP contribution is 2.31. The lowest BCUT2D eigenvalue weighted by Crippen LogP contribution is -2.15. The minimum atomic E-state index is -0.920. The average molecular weight is 585 g/mol. The van der Waals surface area contributed by atoms with Crippen LogP contribution < -0.4 is 5.32 Å². The number of carbonyl (C=O) groups excluding carboxylic acids is 2. The number of nitrogens with zero attached hydrogens (tertiary/aromatic N) is 1. The summed E-state index contributed by atoms with van der Waals surface area (Å²) < 4.78 is 0. The van der Waals surface area contributed by atoms with Crippen LogP contribution in [0, 0.1) is 13.8 Å². The van der Waals surface area contributed by atoms with Crippen molar-refractivity contribution in [1.29, 1.82) is 0 Å². The van der Waals surface area contributed by atoms with Crippen LogP contribution in [-0.2, 0) is 44.9 Å². The second-order valence-corrected chi connectivity index (χ2v) is 10.8. The largest absolute Gasteiger partial charge is 0.481 e. The van der Waals surface area contributed by atoms with Gasteiger partial charge in [-0.3, -0.25) is 19.2 Å². The van der Waals surface area contributed by atoms with E-state index in [0.717, 1.165) is 50.6 Å². The molecular formula is C33H36N4O6. The van der Waals surface area contributed by atoms with E-state index in [0.29, 0.717) is 47.4 Å². The molecule has 0 unspecified atom stereocenters. The molecule has 5 N–H and O–H groups in total. The minimum absolute atomic E-state index is 0.0627. The van der Waals surface area contributed by atoms with Gasteiger partial charge in [0, 0.05) is 65.2 Å². The van der Waals surface area contributed by atoms with Crippen molar-refractivity contribution in [3.8, 4) is 0 Å². The van der Waals surface area contributed by atoms with E-state index in [4.69, 9.17) is 0 Å². The molecule has 2 aromatic rings. The van der Waals surface area contributed by atoms with E-state index < -0.39 is 11.9 Å². The van der Waals surface area contributed by atoms with Crippen LogP contribution in [0.4, 0.5) is 0 Å². The molecule has 2 amide bonds.